The second-order valence-corrected chi connectivity index (χ2v) is 12.6. The Morgan fingerprint density at radius 2 is 1.58 bits per heavy atom. The van der Waals surface area contributed by atoms with Crippen molar-refractivity contribution in [3.8, 4) is 0 Å². The highest BCUT2D eigenvalue weighted by Crippen LogP contribution is 2.28. The van der Waals surface area contributed by atoms with E-state index in [1.165, 1.54) is 17.3 Å². The fourth-order valence-electron chi connectivity index (χ4n) is 4.13. The summed E-state index contributed by atoms with van der Waals surface area (Å²) >= 11 is 1.44. The quantitative estimate of drug-likeness (QED) is 0.327. The number of carbonyl (C=O) groups excluding carboxylic acids is 5. The first kappa shape index (κ1) is 31.3. The molecule has 3 N–H and O–H groups in total. The van der Waals surface area contributed by atoms with Gasteiger partial charge in [-0.15, -0.1) is 11.8 Å². The molecule has 0 saturated carbocycles. The van der Waals surface area contributed by atoms with Crippen molar-refractivity contribution in [3.05, 3.63) is 29.8 Å². The summed E-state index contributed by atoms with van der Waals surface area (Å²) in [5, 5.41) is 7.96. The molecule has 1 aliphatic heterocycles. The van der Waals surface area contributed by atoms with Crippen molar-refractivity contribution in [2.75, 3.05) is 11.9 Å². The van der Waals surface area contributed by atoms with Gasteiger partial charge in [0.25, 0.3) is 0 Å². The highest BCUT2D eigenvalue weighted by molar-refractivity contribution is 8.01. The van der Waals surface area contributed by atoms with Crippen LogP contribution in [0.25, 0.3) is 0 Å². The molecule has 1 saturated heterocycles. The molecule has 0 aromatic heterocycles. The first-order valence-corrected chi connectivity index (χ1v) is 14.2. The van der Waals surface area contributed by atoms with Crippen LogP contribution in [-0.4, -0.2) is 63.6 Å². The van der Waals surface area contributed by atoms with Crippen LogP contribution in [0, 0.1) is 11.8 Å². The summed E-state index contributed by atoms with van der Waals surface area (Å²) in [5.41, 5.74) is 1.82. The number of rotatable bonds is 13. The van der Waals surface area contributed by atoms with Gasteiger partial charge in [-0.3, -0.25) is 28.9 Å². The van der Waals surface area contributed by atoms with Gasteiger partial charge in [-0.05, 0) is 48.1 Å². The Morgan fingerprint density at radius 1 is 0.947 bits per heavy atom. The lowest BCUT2D eigenvalue weighted by Crippen LogP contribution is -2.54. The smallest absolute Gasteiger partial charge is 0.246 e. The van der Waals surface area contributed by atoms with Crippen LogP contribution in [0.2, 0.25) is 0 Å². The average molecular weight is 547 g/mol. The molecule has 2 rings (SSSR count). The highest BCUT2D eigenvalue weighted by Gasteiger charge is 2.39. The Morgan fingerprint density at radius 3 is 2.13 bits per heavy atom. The standard InChI is InChI=1S/C28H42N4O5S/c1-16(2)14-20-8-10-21(11-9-20)30-26(35)19(7)29-27(36)25(17(3)4)31-23(33)12-13-32-24(34)15-22(28(32)37)38-18(5)6/h8-11,16-19,22,25H,12-15H2,1-7H3,(H,29,36)(H,30,35)(H,31,33)/t19-,22?,25-/m0/s1. The normalized spacial score (nSPS) is 17.2. The van der Waals surface area contributed by atoms with Crippen LogP contribution in [-0.2, 0) is 30.4 Å². The summed E-state index contributed by atoms with van der Waals surface area (Å²) in [7, 11) is 0. The maximum absolute atomic E-state index is 12.9. The second-order valence-electron chi connectivity index (χ2n) is 10.8. The molecule has 1 aromatic carbocycles. The molecule has 0 spiro atoms. The van der Waals surface area contributed by atoms with Gasteiger partial charge in [0.05, 0.1) is 5.25 Å². The summed E-state index contributed by atoms with van der Waals surface area (Å²) in [6, 6.07) is 5.90. The predicted octanol–water partition coefficient (Wildman–Crippen LogP) is 3.13. The van der Waals surface area contributed by atoms with Crippen molar-refractivity contribution in [1.82, 2.24) is 15.5 Å². The van der Waals surface area contributed by atoms with Crippen molar-refractivity contribution in [1.29, 1.82) is 0 Å². The van der Waals surface area contributed by atoms with Crippen LogP contribution < -0.4 is 16.0 Å². The van der Waals surface area contributed by atoms with Gasteiger partial charge in [0.15, 0.2) is 0 Å². The van der Waals surface area contributed by atoms with Gasteiger partial charge in [-0.2, -0.15) is 0 Å². The number of nitrogens with zero attached hydrogens (tertiary/aromatic N) is 1. The van der Waals surface area contributed by atoms with E-state index in [4.69, 9.17) is 0 Å². The number of thioether (sulfide) groups is 1. The minimum atomic E-state index is -0.873. The third kappa shape index (κ3) is 9.45. The van der Waals surface area contributed by atoms with Crippen LogP contribution >= 0.6 is 11.8 Å². The zero-order chi connectivity index (χ0) is 28.6. The number of anilines is 1. The number of nitrogens with one attached hydrogen (secondary N) is 3. The van der Waals surface area contributed by atoms with Crippen LogP contribution in [0.3, 0.4) is 0 Å². The minimum absolute atomic E-state index is 0.0279. The summed E-state index contributed by atoms with van der Waals surface area (Å²) in [5.74, 6) is -1.56. The Balaban J connectivity index is 1.88. The van der Waals surface area contributed by atoms with Crippen molar-refractivity contribution in [2.45, 2.75) is 90.3 Å². The molecule has 1 unspecified atom stereocenters. The lowest BCUT2D eigenvalue weighted by molar-refractivity contribution is -0.139. The molecule has 210 valence electrons. The van der Waals surface area contributed by atoms with E-state index >= 15 is 0 Å². The zero-order valence-corrected chi connectivity index (χ0v) is 24.3. The van der Waals surface area contributed by atoms with Crippen LogP contribution in [0.15, 0.2) is 24.3 Å². The summed E-state index contributed by atoms with van der Waals surface area (Å²) in [6.07, 6.45) is 0.990. The molecule has 1 heterocycles. The van der Waals surface area contributed by atoms with Crippen molar-refractivity contribution >= 4 is 47.0 Å². The summed E-state index contributed by atoms with van der Waals surface area (Å²) < 4.78 is 0. The Hall–Kier alpha value is -2.88. The molecule has 5 amide bonds. The van der Waals surface area contributed by atoms with E-state index in [-0.39, 0.29) is 48.3 Å². The zero-order valence-electron chi connectivity index (χ0n) is 23.5. The molecule has 9 nitrogen and oxygen atoms in total. The summed E-state index contributed by atoms with van der Waals surface area (Å²) in [6.45, 7) is 13.3. The van der Waals surface area contributed by atoms with Gasteiger partial charge in [0.1, 0.15) is 12.1 Å². The minimum Gasteiger partial charge on any atom is -0.344 e. The third-order valence-corrected chi connectivity index (χ3v) is 7.33. The third-order valence-electron chi connectivity index (χ3n) is 6.08. The molecule has 0 aliphatic carbocycles. The Kier molecular flexibility index (Phi) is 11.8. The van der Waals surface area contributed by atoms with Gasteiger partial charge in [0.2, 0.25) is 29.5 Å². The fraction of sp³-hybridized carbons (Fsp3) is 0.607. The van der Waals surface area contributed by atoms with E-state index in [9.17, 15) is 24.0 Å². The van der Waals surface area contributed by atoms with E-state index in [0.29, 0.717) is 11.6 Å². The molecule has 0 radical (unpaired) electrons. The van der Waals surface area contributed by atoms with E-state index in [1.807, 2.05) is 38.1 Å². The first-order chi connectivity index (χ1) is 17.8. The maximum Gasteiger partial charge on any atom is 0.246 e. The number of hydrogen-bond acceptors (Lipinski definition) is 6. The topological polar surface area (TPSA) is 125 Å². The molecular formula is C28H42N4O5S. The lowest BCUT2D eigenvalue weighted by atomic mass is 10.0. The van der Waals surface area contributed by atoms with Gasteiger partial charge in [-0.25, -0.2) is 0 Å². The predicted molar refractivity (Wildman–Crippen MR) is 150 cm³/mol. The molecule has 0 bridgehead atoms. The highest BCUT2D eigenvalue weighted by atomic mass is 32.2. The van der Waals surface area contributed by atoms with Gasteiger partial charge < -0.3 is 16.0 Å². The van der Waals surface area contributed by atoms with E-state index in [0.717, 1.165) is 11.3 Å². The number of likely N-dealkylation sites (tertiary alicyclic amines) is 1. The Bertz CT molecular complexity index is 1010. The number of carbonyl (C=O) groups is 5. The fourth-order valence-corrected chi connectivity index (χ4v) is 5.27. The van der Waals surface area contributed by atoms with Crippen molar-refractivity contribution < 1.29 is 24.0 Å². The van der Waals surface area contributed by atoms with E-state index in [2.05, 4.69) is 29.8 Å². The first-order valence-electron chi connectivity index (χ1n) is 13.3. The van der Waals surface area contributed by atoms with Gasteiger partial charge >= 0.3 is 0 Å². The number of hydrogen-bond donors (Lipinski definition) is 3. The molecule has 1 aliphatic rings. The van der Waals surface area contributed by atoms with Crippen LogP contribution in [0.5, 0.6) is 0 Å². The molecule has 38 heavy (non-hydrogen) atoms. The SMILES string of the molecule is CC(C)Cc1ccc(NC(=O)[C@H](C)NC(=O)[C@@H](NC(=O)CCN2C(=O)CC(SC(C)C)C2=O)C(C)C)cc1. The van der Waals surface area contributed by atoms with Gasteiger partial charge in [0, 0.05) is 25.1 Å². The van der Waals surface area contributed by atoms with Crippen molar-refractivity contribution in [3.63, 3.8) is 0 Å². The molecule has 1 fully saturated rings. The van der Waals surface area contributed by atoms with E-state index in [1.54, 1.807) is 20.8 Å². The van der Waals surface area contributed by atoms with E-state index < -0.39 is 29.1 Å². The van der Waals surface area contributed by atoms with Crippen molar-refractivity contribution in [2.24, 2.45) is 11.8 Å². The molecule has 10 heteroatoms. The summed E-state index contributed by atoms with van der Waals surface area (Å²) in [4.78, 5) is 64.1. The second kappa shape index (κ2) is 14.3. The van der Waals surface area contributed by atoms with Gasteiger partial charge in [-0.1, -0.05) is 53.7 Å². The maximum atomic E-state index is 12.9. The average Bonchev–Trinajstić information content (AvgIpc) is 3.08. The lowest BCUT2D eigenvalue weighted by Gasteiger charge is -2.24. The van der Waals surface area contributed by atoms with Crippen LogP contribution in [0.1, 0.15) is 66.9 Å². The largest absolute Gasteiger partial charge is 0.344 e. The molecule has 1 aromatic rings. The number of imide groups is 1. The molecule has 3 atom stereocenters. The number of amides is 5. The van der Waals surface area contributed by atoms with Crippen LogP contribution in [0.4, 0.5) is 5.69 Å². The Labute approximate surface area is 230 Å². The monoisotopic (exact) mass is 546 g/mol. The number of benzene rings is 1. The molecular weight excluding hydrogens is 504 g/mol.